The van der Waals surface area contributed by atoms with Gasteiger partial charge in [0.1, 0.15) is 17.8 Å². The number of aromatic nitrogens is 3. The van der Waals surface area contributed by atoms with E-state index in [0.29, 0.717) is 71.1 Å². The number of nitrogens with one attached hydrogen (secondary N) is 7. The number of imide groups is 1. The third-order valence-corrected chi connectivity index (χ3v) is 10.5. The normalized spacial score (nSPS) is 13.5. The molecule has 9 N–H and O–H groups in total. The van der Waals surface area contributed by atoms with Gasteiger partial charge in [-0.3, -0.25) is 48.1 Å². The minimum absolute atomic E-state index is 0.0400. The fraction of sp³-hybridized carbons (Fsp3) is 0.674. The molecule has 1 aromatic rings. The van der Waals surface area contributed by atoms with Crippen LogP contribution in [0.1, 0.15) is 77.8 Å². The second-order valence-electron chi connectivity index (χ2n) is 16.6. The van der Waals surface area contributed by atoms with E-state index in [1.165, 1.54) is 32.2 Å². The highest BCUT2D eigenvalue weighted by Gasteiger charge is 2.24. The van der Waals surface area contributed by atoms with Crippen molar-refractivity contribution in [2.24, 2.45) is 10.8 Å². The van der Waals surface area contributed by atoms with Crippen LogP contribution in [0, 0.1) is 5.53 Å². The van der Waals surface area contributed by atoms with Crippen LogP contribution in [0.25, 0.3) is 0 Å². The van der Waals surface area contributed by atoms with E-state index in [1.54, 1.807) is 17.8 Å². The zero-order valence-electron chi connectivity index (χ0n) is 42.7. The van der Waals surface area contributed by atoms with Crippen LogP contribution in [0.4, 0.5) is 0 Å². The van der Waals surface area contributed by atoms with Crippen molar-refractivity contribution in [1.29, 1.82) is 5.53 Å². The van der Waals surface area contributed by atoms with Gasteiger partial charge in [0, 0.05) is 57.1 Å². The predicted molar refractivity (Wildman–Crippen MR) is 261 cm³/mol. The molecule has 0 spiro atoms. The molecule has 8 amide bonds. The number of ketones is 1. The monoisotopic (exact) mass is 1050 g/mol. The van der Waals surface area contributed by atoms with Crippen LogP contribution < -0.4 is 37.6 Å². The molecule has 28 nitrogen and oxygen atoms in total. The number of unbranched alkanes of at least 4 members (excludes halogenated alkanes) is 2. The van der Waals surface area contributed by atoms with Gasteiger partial charge in [-0.2, -0.15) is 5.11 Å². The first-order valence-electron chi connectivity index (χ1n) is 24.5. The first kappa shape index (κ1) is 63.5. The Labute approximate surface area is 430 Å². The van der Waals surface area contributed by atoms with Gasteiger partial charge in [-0.1, -0.05) is 11.6 Å². The van der Waals surface area contributed by atoms with Gasteiger partial charge in [0.2, 0.25) is 35.4 Å². The number of Topliss-reactive ketones (excluding diaryl/α,β-unsaturated/α-hetero) is 1. The summed E-state index contributed by atoms with van der Waals surface area (Å²) in [7, 11) is 0. The van der Waals surface area contributed by atoms with Crippen molar-refractivity contribution in [3.63, 3.8) is 0 Å². The van der Waals surface area contributed by atoms with Gasteiger partial charge in [0.05, 0.1) is 117 Å². The first-order valence-corrected chi connectivity index (χ1v) is 24.5. The number of ether oxygens (including phenoxy) is 6. The molecular formula is C46H75N13O15. The van der Waals surface area contributed by atoms with Crippen molar-refractivity contribution < 1.29 is 71.6 Å². The molecular weight excluding hydrogens is 975 g/mol. The third-order valence-electron chi connectivity index (χ3n) is 10.5. The van der Waals surface area contributed by atoms with E-state index in [-0.39, 0.29) is 127 Å². The summed E-state index contributed by atoms with van der Waals surface area (Å²) in [5, 5.41) is 27.7. The lowest BCUT2D eigenvalue weighted by Gasteiger charge is -2.19. The SMILES string of the molecule is CC(=O)[C@H](C)NC(=O)[C@H](C)NC(=O)CCOCCOCCOCCN/C=C(/CNC(=O)[C@H](CCC(=O)NCc1cn(CCOCCOCCOCCC(N)=O)nn1)NC(=O)CCCCCN1C(=O)C=CC1=O)N=N. The summed E-state index contributed by atoms with van der Waals surface area (Å²) in [5.41, 5.74) is 13.3. The Morgan fingerprint density at radius 2 is 1.27 bits per heavy atom. The molecule has 2 heterocycles. The molecule has 0 fully saturated rings. The van der Waals surface area contributed by atoms with Gasteiger partial charge in [0.25, 0.3) is 11.8 Å². The van der Waals surface area contributed by atoms with E-state index in [9.17, 15) is 43.2 Å². The minimum Gasteiger partial charge on any atom is -0.387 e. The number of hydrogen-bond acceptors (Lipinski definition) is 20. The lowest BCUT2D eigenvalue weighted by atomic mass is 10.1. The molecule has 0 unspecified atom stereocenters. The maximum atomic E-state index is 13.4. The summed E-state index contributed by atoms with van der Waals surface area (Å²) in [6.45, 7) is 8.74. The van der Waals surface area contributed by atoms with Crippen LogP contribution in [-0.4, -0.2) is 190 Å². The van der Waals surface area contributed by atoms with Gasteiger partial charge < -0.3 is 66.1 Å². The molecule has 74 heavy (non-hydrogen) atoms. The number of carbonyl (C=O) groups excluding carboxylic acids is 9. The number of nitrogens with zero attached hydrogens (tertiary/aromatic N) is 5. The van der Waals surface area contributed by atoms with Crippen molar-refractivity contribution in [3.8, 4) is 0 Å². The van der Waals surface area contributed by atoms with Crippen LogP contribution in [-0.2, 0) is 84.7 Å². The zero-order chi connectivity index (χ0) is 54.4. The number of primary amides is 1. The highest BCUT2D eigenvalue weighted by Crippen LogP contribution is 2.09. The van der Waals surface area contributed by atoms with Crippen LogP contribution in [0.15, 0.2) is 35.4 Å². The van der Waals surface area contributed by atoms with Gasteiger partial charge in [0.15, 0.2) is 5.78 Å². The molecule has 28 heteroatoms. The van der Waals surface area contributed by atoms with Crippen LogP contribution >= 0.6 is 0 Å². The molecule has 0 aromatic carbocycles. The van der Waals surface area contributed by atoms with Crippen molar-refractivity contribution >= 4 is 53.0 Å². The van der Waals surface area contributed by atoms with E-state index < -0.39 is 47.7 Å². The van der Waals surface area contributed by atoms with E-state index in [1.807, 2.05) is 0 Å². The molecule has 0 bridgehead atoms. The smallest absolute Gasteiger partial charge is 0.253 e. The first-order chi connectivity index (χ1) is 35.6. The summed E-state index contributed by atoms with van der Waals surface area (Å²) >= 11 is 0. The Morgan fingerprint density at radius 3 is 1.89 bits per heavy atom. The fourth-order valence-corrected chi connectivity index (χ4v) is 6.14. The highest BCUT2D eigenvalue weighted by atomic mass is 16.5. The quantitative estimate of drug-likeness (QED) is 0.0203. The van der Waals surface area contributed by atoms with Crippen molar-refractivity contribution in [2.75, 3.05) is 98.9 Å². The van der Waals surface area contributed by atoms with E-state index in [0.717, 1.165) is 4.90 Å². The van der Waals surface area contributed by atoms with E-state index in [2.05, 4.69) is 47.3 Å². The summed E-state index contributed by atoms with van der Waals surface area (Å²) in [4.78, 5) is 110. The molecule has 0 aliphatic carbocycles. The lowest BCUT2D eigenvalue weighted by Crippen LogP contribution is -2.49. The Hall–Kier alpha value is -6.59. The molecule has 2 rings (SSSR count). The standard InChI is InChI=1S/C46H75N13O15/c1-33(35(3)60)53-45(67)34(2)52-42(64)13-18-70-22-26-73-27-23-71-19-14-49-29-36(55-48)30-51-46(68)38(54-41(63)7-5-4-6-15-59-43(65)10-11-44(59)66)8-9-40(62)50-31-37-32-58(57-56-37)16-20-72-24-28-74-25-21-69-17-12-39(47)61/h10-11,29,32-34,38,48-49H,4-9,12-28,30-31H2,1-3H3,(H2,47,61)(H,50,62)(H,51,68)(H,52,64)(H,53,67)(H,54,63)/b36-29-,55-48?/t33-,34-,38-/m0/s1. The molecule has 1 aliphatic rings. The average Bonchev–Trinajstić information content (AvgIpc) is 3.96. The van der Waals surface area contributed by atoms with Gasteiger partial charge in [-0.15, -0.1) is 5.10 Å². The van der Waals surface area contributed by atoms with Gasteiger partial charge in [-0.05, 0) is 40.0 Å². The van der Waals surface area contributed by atoms with E-state index in [4.69, 9.17) is 39.7 Å². The summed E-state index contributed by atoms with van der Waals surface area (Å²) in [6, 6.07) is -2.56. The Bertz CT molecular complexity index is 1980. The molecule has 0 radical (unpaired) electrons. The van der Waals surface area contributed by atoms with Crippen LogP contribution in [0.2, 0.25) is 0 Å². The molecule has 0 saturated carbocycles. The summed E-state index contributed by atoms with van der Waals surface area (Å²) < 4.78 is 34.1. The number of hydrogen-bond donors (Lipinski definition) is 8. The third kappa shape index (κ3) is 30.4. The Morgan fingerprint density at radius 1 is 0.676 bits per heavy atom. The minimum atomic E-state index is -1.11. The average molecular weight is 1050 g/mol. The molecule has 414 valence electrons. The van der Waals surface area contributed by atoms with Crippen molar-refractivity contribution in [2.45, 2.75) is 103 Å². The van der Waals surface area contributed by atoms with E-state index >= 15 is 0 Å². The Kier molecular flexibility index (Phi) is 33.4. The van der Waals surface area contributed by atoms with Gasteiger partial charge >= 0.3 is 0 Å². The lowest BCUT2D eigenvalue weighted by molar-refractivity contribution is -0.137. The van der Waals surface area contributed by atoms with Crippen LogP contribution in [0.3, 0.4) is 0 Å². The summed E-state index contributed by atoms with van der Waals surface area (Å²) in [5.74, 6) is -3.66. The number of amides is 8. The Balaban J connectivity index is 1.70. The van der Waals surface area contributed by atoms with Gasteiger partial charge in [-0.25, -0.2) is 10.2 Å². The molecule has 1 aromatic heterocycles. The maximum absolute atomic E-state index is 13.4. The highest BCUT2D eigenvalue weighted by molar-refractivity contribution is 6.12. The van der Waals surface area contributed by atoms with Crippen LogP contribution in [0.5, 0.6) is 0 Å². The topological polar surface area (TPSA) is 377 Å². The number of carbonyl (C=O) groups is 9. The number of rotatable bonds is 45. The largest absolute Gasteiger partial charge is 0.387 e. The predicted octanol–water partition coefficient (Wildman–Crippen LogP) is -1.81. The summed E-state index contributed by atoms with van der Waals surface area (Å²) in [6.07, 6.45) is 7.02. The van der Waals surface area contributed by atoms with Crippen molar-refractivity contribution in [3.05, 3.63) is 35.9 Å². The zero-order valence-corrected chi connectivity index (χ0v) is 42.7. The second kappa shape index (κ2) is 38.9. The maximum Gasteiger partial charge on any atom is 0.253 e. The fourth-order valence-electron chi connectivity index (χ4n) is 6.14. The molecule has 3 atom stereocenters. The molecule has 1 aliphatic heterocycles. The van der Waals surface area contributed by atoms with Crippen molar-refractivity contribution in [1.82, 2.24) is 51.8 Å². The number of nitrogens with two attached hydrogens (primary N) is 1. The molecule has 0 saturated heterocycles. The second-order valence-corrected chi connectivity index (χ2v) is 16.6.